The van der Waals surface area contributed by atoms with Gasteiger partial charge in [-0.3, -0.25) is 19.1 Å². The van der Waals surface area contributed by atoms with Gasteiger partial charge in [0.2, 0.25) is 11.8 Å². The first kappa shape index (κ1) is 30.7. The first-order valence-electron chi connectivity index (χ1n) is 15.4. The third kappa shape index (κ3) is 5.36. The number of amides is 2. The topological polar surface area (TPSA) is 110 Å². The fourth-order valence-electron chi connectivity index (χ4n) is 6.91. The van der Waals surface area contributed by atoms with Gasteiger partial charge in [0.15, 0.2) is 11.6 Å². The van der Waals surface area contributed by atoms with Crippen LogP contribution in [-0.4, -0.2) is 54.3 Å². The minimum atomic E-state index is -0.794. The average Bonchev–Trinajstić information content (AvgIpc) is 3.38. The number of benzene rings is 3. The summed E-state index contributed by atoms with van der Waals surface area (Å²) in [6, 6.07) is 14.6. The molecule has 3 atom stereocenters. The quantitative estimate of drug-likeness (QED) is 0.194. The maximum Gasteiger partial charge on any atom is 0.247 e. The second kappa shape index (κ2) is 11.4. The van der Waals surface area contributed by atoms with Crippen molar-refractivity contribution in [3.05, 3.63) is 94.9 Å². The molecule has 1 aliphatic carbocycles. The number of halogens is 2. The molecule has 238 valence electrons. The number of likely N-dealkylation sites (tertiary alicyclic amines) is 1. The van der Waals surface area contributed by atoms with Crippen LogP contribution in [-0.2, 0) is 16.1 Å². The van der Waals surface area contributed by atoms with Gasteiger partial charge in [0.1, 0.15) is 24.1 Å². The molecule has 2 amide bonds. The van der Waals surface area contributed by atoms with Gasteiger partial charge >= 0.3 is 0 Å². The molecule has 7 rings (SSSR count). The van der Waals surface area contributed by atoms with Gasteiger partial charge in [-0.15, -0.1) is 0 Å². The Kier molecular flexibility index (Phi) is 7.43. The summed E-state index contributed by atoms with van der Waals surface area (Å²) in [5.74, 6) is -0.937. The Labute approximate surface area is 275 Å². The predicted octanol–water partition coefficient (Wildman–Crippen LogP) is 6.79. The van der Waals surface area contributed by atoms with Crippen LogP contribution >= 0.6 is 11.6 Å². The van der Waals surface area contributed by atoms with Crippen molar-refractivity contribution < 1.29 is 18.8 Å². The molecule has 1 aliphatic heterocycles. The third-order valence-electron chi connectivity index (χ3n) is 9.41. The van der Waals surface area contributed by atoms with E-state index in [0.717, 1.165) is 23.1 Å². The normalized spacial score (nSPS) is 19.9. The van der Waals surface area contributed by atoms with E-state index in [0.29, 0.717) is 33.7 Å². The SMILES string of the molecule is CC(=O)c1nn(CC(=O)N2C3C[C@]3(C)C[C@H]2C(=O)Nc2cccc(-c3ccccc3Cl)c2F)c2c(C)cc(-c3cnc(C)nc3)cc12. The predicted molar refractivity (Wildman–Crippen MR) is 177 cm³/mol. The van der Waals surface area contributed by atoms with E-state index in [1.54, 1.807) is 58.4 Å². The standard InChI is InChI=1S/C36H32ClFN6O3/c1-19-12-22(23-16-39-21(3)40-17-23)13-26-33(20(2)45)42-43(34(19)26)18-31(46)44-29(14-36(4)15-30(36)44)35(47)41-28-11-7-9-25(32(28)38)24-8-5-6-10-27(24)37/h5-13,16-17,29-30H,14-15,18H2,1-4H3,(H,41,47)/t29-,30?,36-/m0/s1. The smallest absolute Gasteiger partial charge is 0.247 e. The lowest BCUT2D eigenvalue weighted by molar-refractivity contribution is -0.138. The first-order valence-corrected chi connectivity index (χ1v) is 15.8. The molecule has 2 fully saturated rings. The number of ketones is 1. The summed E-state index contributed by atoms with van der Waals surface area (Å²) in [6.07, 6.45) is 4.70. The van der Waals surface area contributed by atoms with Crippen molar-refractivity contribution >= 4 is 45.8 Å². The number of piperidine rings is 1. The van der Waals surface area contributed by atoms with Gasteiger partial charge in [0, 0.05) is 52.5 Å². The highest BCUT2D eigenvalue weighted by Crippen LogP contribution is 2.59. The fourth-order valence-corrected chi connectivity index (χ4v) is 7.15. The molecule has 0 bridgehead atoms. The number of hydrogen-bond acceptors (Lipinski definition) is 6. The number of Topliss-reactive ketones (excluding diaryl/α,β-unsaturated/α-hetero) is 1. The van der Waals surface area contributed by atoms with Crippen molar-refractivity contribution in [2.24, 2.45) is 5.41 Å². The largest absolute Gasteiger partial charge is 0.325 e. The number of carbonyl (C=O) groups is 3. The molecule has 0 spiro atoms. The van der Waals surface area contributed by atoms with Gasteiger partial charge in [-0.1, -0.05) is 48.9 Å². The van der Waals surface area contributed by atoms with Crippen molar-refractivity contribution in [1.82, 2.24) is 24.6 Å². The zero-order valence-corrected chi connectivity index (χ0v) is 27.1. The number of aromatic nitrogens is 4. The van der Waals surface area contributed by atoms with E-state index in [9.17, 15) is 14.4 Å². The molecule has 0 radical (unpaired) electrons. The fraction of sp³-hybridized carbons (Fsp3) is 0.278. The molecular formula is C36H32ClFN6O3. The van der Waals surface area contributed by atoms with Gasteiger partial charge in [-0.05, 0) is 67.5 Å². The number of rotatable bonds is 7. The van der Waals surface area contributed by atoms with Crippen LogP contribution in [0.4, 0.5) is 10.1 Å². The van der Waals surface area contributed by atoms with Gasteiger partial charge in [0.05, 0.1) is 11.2 Å². The van der Waals surface area contributed by atoms with E-state index in [4.69, 9.17) is 11.6 Å². The maximum atomic E-state index is 15.7. The van der Waals surface area contributed by atoms with Crippen molar-refractivity contribution in [1.29, 1.82) is 0 Å². The summed E-state index contributed by atoms with van der Waals surface area (Å²) in [6.45, 7) is 7.06. The van der Waals surface area contributed by atoms with Crippen LogP contribution in [0.3, 0.4) is 0 Å². The van der Waals surface area contributed by atoms with Gasteiger partial charge in [-0.2, -0.15) is 5.10 Å². The molecule has 3 aromatic carbocycles. The van der Waals surface area contributed by atoms with E-state index in [2.05, 4.69) is 27.3 Å². The minimum Gasteiger partial charge on any atom is -0.325 e. The second-order valence-electron chi connectivity index (χ2n) is 12.8. The van der Waals surface area contributed by atoms with Crippen molar-refractivity contribution in [2.75, 3.05) is 5.32 Å². The Balaban J connectivity index is 1.18. The molecule has 2 aliphatic rings. The van der Waals surface area contributed by atoms with Crippen LogP contribution in [0.25, 0.3) is 33.2 Å². The van der Waals surface area contributed by atoms with Crippen molar-refractivity contribution in [3.8, 4) is 22.3 Å². The average molecular weight is 651 g/mol. The highest BCUT2D eigenvalue weighted by molar-refractivity contribution is 6.33. The number of nitrogens with one attached hydrogen (secondary N) is 1. The zero-order chi connectivity index (χ0) is 33.2. The van der Waals surface area contributed by atoms with Gasteiger partial charge in [-0.25, -0.2) is 14.4 Å². The molecule has 1 N–H and O–H groups in total. The number of hydrogen-bond donors (Lipinski definition) is 1. The third-order valence-corrected chi connectivity index (χ3v) is 9.74. The highest BCUT2D eigenvalue weighted by atomic mass is 35.5. The molecule has 3 heterocycles. The monoisotopic (exact) mass is 650 g/mol. The number of aryl methyl sites for hydroxylation is 2. The molecule has 1 unspecified atom stereocenters. The zero-order valence-electron chi connectivity index (χ0n) is 26.3. The van der Waals surface area contributed by atoms with E-state index >= 15 is 4.39 Å². The lowest BCUT2D eigenvalue weighted by atomic mass is 10.0. The maximum absolute atomic E-state index is 15.7. The summed E-state index contributed by atoms with van der Waals surface area (Å²) in [5, 5.41) is 8.35. The molecule has 9 nitrogen and oxygen atoms in total. The molecule has 47 heavy (non-hydrogen) atoms. The highest BCUT2D eigenvalue weighted by Gasteiger charge is 2.64. The molecular weight excluding hydrogens is 619 g/mol. The minimum absolute atomic E-state index is 0.0140. The van der Waals surface area contributed by atoms with Crippen LogP contribution in [0.1, 0.15) is 48.6 Å². The van der Waals surface area contributed by atoms with Crippen LogP contribution in [0, 0.1) is 25.1 Å². The van der Waals surface area contributed by atoms with Crippen LogP contribution in [0.2, 0.25) is 5.02 Å². The van der Waals surface area contributed by atoms with Gasteiger partial charge < -0.3 is 10.2 Å². The summed E-state index contributed by atoms with van der Waals surface area (Å²) < 4.78 is 17.3. The van der Waals surface area contributed by atoms with E-state index < -0.39 is 17.8 Å². The lowest BCUT2D eigenvalue weighted by Gasteiger charge is -2.27. The summed E-state index contributed by atoms with van der Waals surface area (Å²) >= 11 is 6.33. The molecule has 5 aromatic rings. The Morgan fingerprint density at radius 3 is 2.45 bits per heavy atom. The summed E-state index contributed by atoms with van der Waals surface area (Å²) in [7, 11) is 0. The molecule has 11 heteroatoms. The molecule has 2 aromatic heterocycles. The molecule has 1 saturated heterocycles. The lowest BCUT2D eigenvalue weighted by Crippen LogP contribution is -2.46. The number of fused-ring (bicyclic) bond motifs is 2. The van der Waals surface area contributed by atoms with Crippen molar-refractivity contribution in [2.45, 2.75) is 59.2 Å². The van der Waals surface area contributed by atoms with Crippen LogP contribution in [0.5, 0.6) is 0 Å². The number of anilines is 1. The van der Waals surface area contributed by atoms with E-state index in [1.807, 2.05) is 26.0 Å². The summed E-state index contributed by atoms with van der Waals surface area (Å²) in [4.78, 5) is 50.7. The number of nitrogens with zero attached hydrogens (tertiary/aromatic N) is 5. The Morgan fingerprint density at radius 2 is 1.72 bits per heavy atom. The van der Waals surface area contributed by atoms with Crippen molar-refractivity contribution in [3.63, 3.8) is 0 Å². The second-order valence-corrected chi connectivity index (χ2v) is 13.2. The van der Waals surface area contributed by atoms with Gasteiger partial charge in [0.25, 0.3) is 0 Å². The Bertz CT molecular complexity index is 2110. The first-order chi connectivity index (χ1) is 22.4. The van der Waals surface area contributed by atoms with Crippen LogP contribution in [0.15, 0.2) is 67.0 Å². The Hall–Kier alpha value is -4.96. The summed E-state index contributed by atoms with van der Waals surface area (Å²) in [5.41, 5.74) is 3.97. The Morgan fingerprint density at radius 1 is 1.00 bits per heavy atom. The molecule has 1 saturated carbocycles. The van der Waals surface area contributed by atoms with E-state index in [1.165, 1.54) is 13.0 Å². The van der Waals surface area contributed by atoms with Crippen LogP contribution < -0.4 is 5.32 Å². The number of carbonyl (C=O) groups excluding carboxylic acids is 3. The van der Waals surface area contributed by atoms with E-state index in [-0.39, 0.29) is 46.6 Å².